The molecule has 0 aliphatic carbocycles. The number of carbonyl (C=O) groups is 1. The molecule has 2 rings (SSSR count). The number of nitrogens with two attached hydrogens (primary N) is 1. The van der Waals surface area contributed by atoms with Gasteiger partial charge in [0.2, 0.25) is 15.9 Å². The van der Waals surface area contributed by atoms with Crippen LogP contribution in [0.15, 0.2) is 33.6 Å². The van der Waals surface area contributed by atoms with Crippen molar-refractivity contribution in [1.82, 2.24) is 9.62 Å². The summed E-state index contributed by atoms with van der Waals surface area (Å²) in [6.07, 6.45) is 1.76. The van der Waals surface area contributed by atoms with Gasteiger partial charge in [-0.2, -0.15) is 0 Å². The molecule has 9 heteroatoms. The third-order valence-corrected chi connectivity index (χ3v) is 5.58. The second-order valence-electron chi connectivity index (χ2n) is 5.32. The Balaban J connectivity index is 0.00000264. The molecule has 0 radical (unpaired) electrons. The predicted molar refractivity (Wildman–Crippen MR) is 95.0 cm³/mol. The number of halogens is 2. The van der Waals surface area contributed by atoms with Gasteiger partial charge in [0.15, 0.2) is 0 Å². The van der Waals surface area contributed by atoms with Crippen LogP contribution in [0.5, 0.6) is 0 Å². The van der Waals surface area contributed by atoms with Gasteiger partial charge in [-0.15, -0.1) is 12.4 Å². The van der Waals surface area contributed by atoms with Gasteiger partial charge in [-0.1, -0.05) is 22.0 Å². The van der Waals surface area contributed by atoms with E-state index in [0.717, 1.165) is 12.8 Å². The molecule has 130 valence electrons. The van der Waals surface area contributed by atoms with Crippen molar-refractivity contribution in [3.05, 3.63) is 28.7 Å². The van der Waals surface area contributed by atoms with E-state index in [1.807, 2.05) is 0 Å². The zero-order valence-electron chi connectivity index (χ0n) is 12.6. The Bertz CT molecular complexity index is 634. The van der Waals surface area contributed by atoms with Gasteiger partial charge in [0.1, 0.15) is 0 Å². The third-order valence-electron chi connectivity index (χ3n) is 3.63. The van der Waals surface area contributed by atoms with E-state index < -0.39 is 10.0 Å². The SMILES string of the molecule is Cl.NC1CCN(C(=O)CCNS(=O)(=O)c2cccc(Br)c2)CC1. The molecule has 1 aromatic rings. The largest absolute Gasteiger partial charge is 0.343 e. The average Bonchev–Trinajstić information content (AvgIpc) is 2.47. The summed E-state index contributed by atoms with van der Waals surface area (Å²) in [5.74, 6) is -0.0381. The van der Waals surface area contributed by atoms with Crippen molar-refractivity contribution < 1.29 is 13.2 Å². The number of hydrogen-bond donors (Lipinski definition) is 2. The zero-order valence-corrected chi connectivity index (χ0v) is 15.8. The van der Waals surface area contributed by atoms with Crippen LogP contribution >= 0.6 is 28.3 Å². The van der Waals surface area contributed by atoms with Crippen molar-refractivity contribution in [2.75, 3.05) is 19.6 Å². The van der Waals surface area contributed by atoms with Gasteiger partial charge in [0.25, 0.3) is 0 Å². The molecular formula is C14H21BrClN3O3S. The number of nitrogens with zero attached hydrogens (tertiary/aromatic N) is 1. The smallest absolute Gasteiger partial charge is 0.240 e. The second kappa shape index (κ2) is 8.98. The number of benzene rings is 1. The first-order valence-corrected chi connectivity index (χ1v) is 9.45. The Morgan fingerprint density at radius 3 is 2.61 bits per heavy atom. The standard InChI is InChI=1S/C14H20BrN3O3S.ClH/c15-11-2-1-3-13(10-11)22(20,21)17-7-4-14(19)18-8-5-12(16)6-9-18;/h1-3,10,12,17H,4-9,16H2;1H. The highest BCUT2D eigenvalue weighted by Gasteiger charge is 2.21. The number of likely N-dealkylation sites (tertiary alicyclic amines) is 1. The molecule has 1 aliphatic heterocycles. The highest BCUT2D eigenvalue weighted by Crippen LogP contribution is 2.16. The maximum absolute atomic E-state index is 12.1. The van der Waals surface area contributed by atoms with Crippen molar-refractivity contribution in [2.24, 2.45) is 5.73 Å². The van der Waals surface area contributed by atoms with E-state index in [1.54, 1.807) is 17.0 Å². The normalized spacial score (nSPS) is 16.0. The lowest BCUT2D eigenvalue weighted by atomic mass is 10.1. The Morgan fingerprint density at radius 2 is 2.00 bits per heavy atom. The molecule has 1 aliphatic rings. The molecule has 3 N–H and O–H groups in total. The number of hydrogen-bond acceptors (Lipinski definition) is 4. The molecular weight excluding hydrogens is 406 g/mol. The first-order chi connectivity index (χ1) is 10.4. The lowest BCUT2D eigenvalue weighted by Crippen LogP contribution is -2.43. The highest BCUT2D eigenvalue weighted by atomic mass is 79.9. The molecule has 0 atom stereocenters. The first-order valence-electron chi connectivity index (χ1n) is 7.17. The summed E-state index contributed by atoms with van der Waals surface area (Å²) in [5.41, 5.74) is 5.80. The third kappa shape index (κ3) is 6.04. The van der Waals surface area contributed by atoms with Crippen LogP contribution < -0.4 is 10.5 Å². The van der Waals surface area contributed by atoms with E-state index in [0.29, 0.717) is 17.6 Å². The predicted octanol–water partition coefficient (Wildman–Crippen LogP) is 1.49. The summed E-state index contributed by atoms with van der Waals surface area (Å²) in [6.45, 7) is 1.40. The quantitative estimate of drug-likeness (QED) is 0.746. The van der Waals surface area contributed by atoms with Gasteiger partial charge in [0, 0.05) is 36.6 Å². The van der Waals surface area contributed by atoms with Crippen LogP contribution in [0.25, 0.3) is 0 Å². The minimum atomic E-state index is -3.59. The lowest BCUT2D eigenvalue weighted by Gasteiger charge is -2.30. The number of amides is 1. The molecule has 6 nitrogen and oxygen atoms in total. The highest BCUT2D eigenvalue weighted by molar-refractivity contribution is 9.10. The molecule has 0 spiro atoms. The van der Waals surface area contributed by atoms with Crippen LogP contribution in [-0.4, -0.2) is 44.9 Å². The van der Waals surface area contributed by atoms with E-state index >= 15 is 0 Å². The van der Waals surface area contributed by atoms with Gasteiger partial charge in [0.05, 0.1) is 4.90 Å². The van der Waals surface area contributed by atoms with E-state index in [4.69, 9.17) is 5.73 Å². The number of carbonyl (C=O) groups excluding carboxylic acids is 1. The Morgan fingerprint density at radius 1 is 1.35 bits per heavy atom. The first kappa shape index (κ1) is 20.4. The number of nitrogens with one attached hydrogen (secondary N) is 1. The molecule has 0 aromatic heterocycles. The average molecular weight is 427 g/mol. The summed E-state index contributed by atoms with van der Waals surface area (Å²) < 4.78 is 27.4. The van der Waals surface area contributed by atoms with Gasteiger partial charge in [-0.25, -0.2) is 13.1 Å². The van der Waals surface area contributed by atoms with Crippen molar-refractivity contribution in [3.8, 4) is 0 Å². The molecule has 1 amide bonds. The van der Waals surface area contributed by atoms with Crippen LogP contribution in [0.4, 0.5) is 0 Å². The molecule has 1 fully saturated rings. The minimum absolute atomic E-state index is 0. The van der Waals surface area contributed by atoms with Crippen molar-refractivity contribution in [3.63, 3.8) is 0 Å². The second-order valence-corrected chi connectivity index (χ2v) is 8.01. The summed E-state index contributed by atoms with van der Waals surface area (Å²) >= 11 is 3.24. The molecule has 23 heavy (non-hydrogen) atoms. The van der Waals surface area contributed by atoms with Crippen LogP contribution in [0.3, 0.4) is 0 Å². The summed E-state index contributed by atoms with van der Waals surface area (Å²) in [6, 6.07) is 6.61. The monoisotopic (exact) mass is 425 g/mol. The fourth-order valence-corrected chi connectivity index (χ4v) is 3.94. The van der Waals surface area contributed by atoms with Crippen LogP contribution in [-0.2, 0) is 14.8 Å². The van der Waals surface area contributed by atoms with Crippen LogP contribution in [0, 0.1) is 0 Å². The number of piperidine rings is 1. The van der Waals surface area contributed by atoms with Gasteiger partial charge < -0.3 is 10.6 Å². The molecule has 1 heterocycles. The Hall–Kier alpha value is -0.670. The number of rotatable bonds is 5. The fourth-order valence-electron chi connectivity index (χ4n) is 2.32. The van der Waals surface area contributed by atoms with Crippen molar-refractivity contribution in [2.45, 2.75) is 30.2 Å². The zero-order chi connectivity index (χ0) is 16.2. The van der Waals surface area contributed by atoms with Gasteiger partial charge >= 0.3 is 0 Å². The maximum atomic E-state index is 12.1. The van der Waals surface area contributed by atoms with Crippen LogP contribution in [0.1, 0.15) is 19.3 Å². The lowest BCUT2D eigenvalue weighted by molar-refractivity contribution is -0.132. The van der Waals surface area contributed by atoms with E-state index in [1.165, 1.54) is 12.1 Å². The fraction of sp³-hybridized carbons (Fsp3) is 0.500. The summed E-state index contributed by atoms with van der Waals surface area (Å²) in [4.78, 5) is 13.9. The van der Waals surface area contributed by atoms with Crippen LogP contribution in [0.2, 0.25) is 0 Å². The van der Waals surface area contributed by atoms with Gasteiger partial charge in [-0.3, -0.25) is 4.79 Å². The minimum Gasteiger partial charge on any atom is -0.343 e. The van der Waals surface area contributed by atoms with Crippen molar-refractivity contribution >= 4 is 44.3 Å². The van der Waals surface area contributed by atoms with E-state index in [2.05, 4.69) is 20.7 Å². The van der Waals surface area contributed by atoms with Crippen molar-refractivity contribution in [1.29, 1.82) is 0 Å². The maximum Gasteiger partial charge on any atom is 0.240 e. The Kier molecular flexibility index (Phi) is 7.96. The molecule has 1 saturated heterocycles. The number of sulfonamides is 1. The Labute approximate surface area is 151 Å². The summed E-state index contributed by atoms with van der Waals surface area (Å²) in [7, 11) is -3.59. The summed E-state index contributed by atoms with van der Waals surface area (Å²) in [5, 5.41) is 0. The molecule has 0 saturated carbocycles. The topological polar surface area (TPSA) is 92.5 Å². The van der Waals surface area contributed by atoms with Gasteiger partial charge in [-0.05, 0) is 31.0 Å². The molecule has 1 aromatic carbocycles. The molecule has 0 unspecified atom stereocenters. The van der Waals surface area contributed by atoms with E-state index in [-0.39, 0.29) is 42.2 Å². The van der Waals surface area contributed by atoms with E-state index in [9.17, 15) is 13.2 Å². The molecule has 0 bridgehead atoms.